The van der Waals surface area contributed by atoms with Crippen molar-refractivity contribution in [3.8, 4) is 11.4 Å². The summed E-state index contributed by atoms with van der Waals surface area (Å²) in [5.41, 5.74) is 10.4. The highest BCUT2D eigenvalue weighted by molar-refractivity contribution is 6.19. The van der Waals surface area contributed by atoms with Crippen molar-refractivity contribution in [1.82, 2.24) is 19.8 Å². The third-order valence-corrected chi connectivity index (χ3v) is 10.9. The maximum absolute atomic E-state index is 5.19. The SMILES string of the molecule is c1ccc(C2N=C(c3ccc4cc(-n5c6ccccc6c6cc7c8ccccc8n(-c8ccccc8)c7cc65)ccc4c3)NC(c3ccccc3)N2)cc1. The van der Waals surface area contributed by atoms with Crippen LogP contribution in [0.5, 0.6) is 0 Å². The number of para-hydroxylation sites is 3. The van der Waals surface area contributed by atoms with Crippen molar-refractivity contribution in [1.29, 1.82) is 0 Å². The van der Waals surface area contributed by atoms with E-state index in [4.69, 9.17) is 4.99 Å². The molecule has 2 N–H and O–H groups in total. The molecule has 2 aromatic heterocycles. The lowest BCUT2D eigenvalue weighted by Gasteiger charge is -2.32. The van der Waals surface area contributed by atoms with Crippen LogP contribution in [-0.4, -0.2) is 15.0 Å². The zero-order valence-corrected chi connectivity index (χ0v) is 29.4. The Balaban J connectivity index is 1.05. The van der Waals surface area contributed by atoms with Crippen LogP contribution in [0.15, 0.2) is 193 Å². The number of aromatic nitrogens is 2. The number of aliphatic imine (C=N–C) groups is 1. The van der Waals surface area contributed by atoms with Gasteiger partial charge in [-0.3, -0.25) is 5.32 Å². The molecule has 11 rings (SSSR count). The second-order valence-electron chi connectivity index (χ2n) is 14.1. The maximum Gasteiger partial charge on any atom is 0.131 e. The van der Waals surface area contributed by atoms with E-state index >= 15 is 0 Å². The van der Waals surface area contributed by atoms with Gasteiger partial charge >= 0.3 is 0 Å². The maximum atomic E-state index is 5.19. The van der Waals surface area contributed by atoms with Gasteiger partial charge in [0.15, 0.2) is 0 Å². The van der Waals surface area contributed by atoms with Crippen LogP contribution in [0, 0.1) is 0 Å². The molecular formula is C49H35N5. The minimum atomic E-state index is -0.173. The van der Waals surface area contributed by atoms with Gasteiger partial charge in [0.1, 0.15) is 18.2 Å². The van der Waals surface area contributed by atoms with Gasteiger partial charge in [-0.25, -0.2) is 4.99 Å². The predicted molar refractivity (Wildman–Crippen MR) is 224 cm³/mol. The Bertz CT molecular complexity index is 3050. The summed E-state index contributed by atoms with van der Waals surface area (Å²) in [7, 11) is 0. The lowest BCUT2D eigenvalue weighted by molar-refractivity contribution is 0.409. The van der Waals surface area contributed by atoms with Gasteiger partial charge in [-0.15, -0.1) is 0 Å². The highest BCUT2D eigenvalue weighted by atomic mass is 15.3. The standard InChI is InChI=1S/C49H35N5/c1-4-14-32(15-5-1)47-50-48(33-16-6-2-7-17-33)52-49(51-47)36-25-24-35-29-38(27-26-34(35)28-36)54-44-23-13-11-21-40(44)42-30-41-39-20-10-12-22-43(39)53(45(41)31-46(42)54)37-18-8-3-9-19-37/h1-31,47-48,50H,(H,51,52). The van der Waals surface area contributed by atoms with Crippen LogP contribution in [0.4, 0.5) is 0 Å². The van der Waals surface area contributed by atoms with Gasteiger partial charge in [-0.2, -0.15) is 0 Å². The molecular weight excluding hydrogens is 659 g/mol. The van der Waals surface area contributed by atoms with Crippen LogP contribution in [0.1, 0.15) is 29.0 Å². The zero-order valence-electron chi connectivity index (χ0n) is 29.4. The normalized spacial score (nSPS) is 16.0. The number of nitrogens with zero attached hydrogens (tertiary/aromatic N) is 3. The first-order valence-electron chi connectivity index (χ1n) is 18.5. The number of fused-ring (bicyclic) bond motifs is 7. The molecule has 0 aliphatic carbocycles. The quantitative estimate of drug-likeness (QED) is 0.188. The monoisotopic (exact) mass is 693 g/mol. The fourth-order valence-corrected chi connectivity index (χ4v) is 8.41. The molecule has 10 aromatic rings. The Kier molecular flexibility index (Phi) is 7.00. The topological polar surface area (TPSA) is 46.3 Å². The lowest BCUT2D eigenvalue weighted by Crippen LogP contribution is -2.44. The summed E-state index contributed by atoms with van der Waals surface area (Å²) in [6, 6.07) is 67.5. The summed E-state index contributed by atoms with van der Waals surface area (Å²) in [4.78, 5) is 5.19. The molecule has 1 aliphatic heterocycles. The predicted octanol–water partition coefficient (Wildman–Crippen LogP) is 11.4. The Hall–Kier alpha value is -6.95. The summed E-state index contributed by atoms with van der Waals surface area (Å²) >= 11 is 0. The van der Waals surface area contributed by atoms with Gasteiger partial charge in [-0.1, -0.05) is 133 Å². The molecule has 5 nitrogen and oxygen atoms in total. The molecule has 0 radical (unpaired) electrons. The van der Waals surface area contributed by atoms with E-state index in [9.17, 15) is 0 Å². The molecule has 1 aliphatic rings. The summed E-state index contributed by atoms with van der Waals surface area (Å²) in [6.07, 6.45) is -0.252. The van der Waals surface area contributed by atoms with E-state index in [1.54, 1.807) is 0 Å². The van der Waals surface area contributed by atoms with Gasteiger partial charge in [0.05, 0.1) is 22.1 Å². The number of rotatable bonds is 5. The van der Waals surface area contributed by atoms with E-state index in [1.165, 1.54) is 59.9 Å². The highest BCUT2D eigenvalue weighted by Crippen LogP contribution is 2.40. The molecule has 256 valence electrons. The molecule has 0 amide bonds. The fraction of sp³-hybridized carbons (Fsp3) is 0.0408. The molecule has 8 aromatic carbocycles. The average Bonchev–Trinajstić information content (AvgIpc) is 3.75. The van der Waals surface area contributed by atoms with Crippen LogP contribution >= 0.6 is 0 Å². The number of hydrogen-bond acceptors (Lipinski definition) is 3. The molecule has 0 fully saturated rings. The van der Waals surface area contributed by atoms with Gasteiger partial charge in [0.2, 0.25) is 0 Å². The second-order valence-corrected chi connectivity index (χ2v) is 14.1. The molecule has 54 heavy (non-hydrogen) atoms. The first-order chi connectivity index (χ1) is 26.8. The molecule has 0 saturated heterocycles. The molecule has 0 spiro atoms. The smallest absolute Gasteiger partial charge is 0.131 e. The first-order valence-corrected chi connectivity index (χ1v) is 18.5. The van der Waals surface area contributed by atoms with E-state index < -0.39 is 0 Å². The summed E-state index contributed by atoms with van der Waals surface area (Å²) in [5, 5.41) is 14.8. The summed E-state index contributed by atoms with van der Waals surface area (Å²) < 4.78 is 4.83. The summed E-state index contributed by atoms with van der Waals surface area (Å²) in [6.45, 7) is 0. The summed E-state index contributed by atoms with van der Waals surface area (Å²) in [5.74, 6) is 0.877. The van der Waals surface area contributed by atoms with Gasteiger partial charge in [-0.05, 0) is 76.5 Å². The second kappa shape index (κ2) is 12.3. The number of amidine groups is 1. The van der Waals surface area contributed by atoms with E-state index in [0.717, 1.165) is 28.3 Å². The minimum absolute atomic E-state index is 0.0793. The van der Waals surface area contributed by atoms with Gasteiger partial charge in [0, 0.05) is 38.5 Å². The van der Waals surface area contributed by atoms with Crippen LogP contribution in [0.3, 0.4) is 0 Å². The molecule has 0 bridgehead atoms. The number of nitrogens with one attached hydrogen (secondary N) is 2. The van der Waals surface area contributed by atoms with E-state index in [1.807, 2.05) is 6.07 Å². The largest absolute Gasteiger partial charge is 0.350 e. The van der Waals surface area contributed by atoms with Crippen molar-refractivity contribution < 1.29 is 0 Å². The van der Waals surface area contributed by atoms with Crippen LogP contribution < -0.4 is 10.6 Å². The molecule has 0 saturated carbocycles. The number of hydrogen-bond donors (Lipinski definition) is 2. The van der Waals surface area contributed by atoms with Crippen molar-refractivity contribution in [2.24, 2.45) is 4.99 Å². The van der Waals surface area contributed by atoms with Crippen molar-refractivity contribution in [3.63, 3.8) is 0 Å². The van der Waals surface area contributed by atoms with E-state index in [2.05, 4.69) is 202 Å². The van der Waals surface area contributed by atoms with E-state index in [0.29, 0.717) is 0 Å². The third-order valence-electron chi connectivity index (χ3n) is 10.9. The molecule has 2 atom stereocenters. The van der Waals surface area contributed by atoms with Crippen molar-refractivity contribution in [2.75, 3.05) is 0 Å². The van der Waals surface area contributed by atoms with Gasteiger partial charge < -0.3 is 14.5 Å². The van der Waals surface area contributed by atoms with Crippen LogP contribution in [-0.2, 0) is 0 Å². The fourth-order valence-electron chi connectivity index (χ4n) is 8.41. The Morgan fingerprint density at radius 2 is 0.963 bits per heavy atom. The van der Waals surface area contributed by atoms with Gasteiger partial charge in [0.25, 0.3) is 0 Å². The Morgan fingerprint density at radius 3 is 1.65 bits per heavy atom. The van der Waals surface area contributed by atoms with E-state index in [-0.39, 0.29) is 12.3 Å². The van der Waals surface area contributed by atoms with Crippen molar-refractivity contribution >= 4 is 60.2 Å². The highest BCUT2D eigenvalue weighted by Gasteiger charge is 2.25. The Labute approximate surface area is 312 Å². The third kappa shape index (κ3) is 4.94. The molecule has 2 unspecified atom stereocenters. The molecule has 5 heteroatoms. The van der Waals surface area contributed by atoms with Crippen LogP contribution in [0.25, 0.3) is 65.8 Å². The minimum Gasteiger partial charge on any atom is -0.350 e. The molecule has 3 heterocycles. The zero-order chi connectivity index (χ0) is 35.6. The lowest BCUT2D eigenvalue weighted by atomic mass is 10.0. The Morgan fingerprint density at radius 1 is 0.407 bits per heavy atom. The van der Waals surface area contributed by atoms with Crippen molar-refractivity contribution in [3.05, 3.63) is 205 Å². The van der Waals surface area contributed by atoms with Crippen molar-refractivity contribution in [2.45, 2.75) is 12.3 Å². The average molecular weight is 694 g/mol. The first kappa shape index (κ1) is 30.7. The number of benzene rings is 8. The van der Waals surface area contributed by atoms with Crippen LogP contribution in [0.2, 0.25) is 0 Å².